The Bertz CT molecular complexity index is 288. The van der Waals surface area contributed by atoms with Crippen LogP contribution in [0.5, 0.6) is 11.5 Å². The number of hydrogen-bond donors (Lipinski definition) is 0. The van der Waals surface area contributed by atoms with Crippen molar-refractivity contribution in [2.24, 2.45) is 0 Å². The topological polar surface area (TPSA) is 35.5 Å². The maximum atomic E-state index is 10.5. The van der Waals surface area contributed by atoms with Crippen molar-refractivity contribution in [3.8, 4) is 11.5 Å². The molecular weight excluding hydrogens is 194 g/mol. The van der Waals surface area contributed by atoms with Crippen LogP contribution in [-0.4, -0.2) is 6.29 Å². The van der Waals surface area contributed by atoms with Crippen molar-refractivity contribution in [1.82, 2.24) is 0 Å². The summed E-state index contributed by atoms with van der Waals surface area (Å²) in [5.41, 5.74) is 0.496. The van der Waals surface area contributed by atoms with Crippen molar-refractivity contribution >= 4 is 25.2 Å². The summed E-state index contributed by atoms with van der Waals surface area (Å²) in [5.74, 6) is 1.11. The van der Waals surface area contributed by atoms with Crippen molar-refractivity contribution < 1.29 is 13.8 Å². The van der Waals surface area contributed by atoms with Crippen molar-refractivity contribution in [1.29, 1.82) is 0 Å². The lowest BCUT2D eigenvalue weighted by atomic mass is 10.2. The van der Waals surface area contributed by atoms with Gasteiger partial charge in [0.25, 0.3) is 0 Å². The summed E-state index contributed by atoms with van der Waals surface area (Å²) < 4.78 is 9.74. The van der Waals surface area contributed by atoms with Gasteiger partial charge in [0.05, 0.1) is 24.5 Å². The molecule has 0 radical (unpaired) electrons. The van der Waals surface area contributed by atoms with Crippen LogP contribution in [0.4, 0.5) is 0 Å². The minimum absolute atomic E-state index is 0.481. The standard InChI is InChI=1S/C7H8O3P2/c8-4-5-1-2-6(9-11)3-7(5)10-12/h1-4H,11-12H2. The summed E-state index contributed by atoms with van der Waals surface area (Å²) in [6, 6.07) is 4.94. The number of benzene rings is 1. The first-order valence-electron chi connectivity index (χ1n) is 3.14. The molecule has 1 aromatic rings. The molecule has 0 fully saturated rings. The summed E-state index contributed by atoms with van der Waals surface area (Å²) >= 11 is 0. The molecule has 2 unspecified atom stereocenters. The van der Waals surface area contributed by atoms with Gasteiger partial charge in [-0.15, -0.1) is 0 Å². The molecule has 0 amide bonds. The Kier molecular flexibility index (Phi) is 3.46. The van der Waals surface area contributed by atoms with E-state index in [-0.39, 0.29) is 0 Å². The predicted molar refractivity (Wildman–Crippen MR) is 52.5 cm³/mol. The third kappa shape index (κ3) is 1.94. The summed E-state index contributed by atoms with van der Waals surface area (Å²) in [4.78, 5) is 10.5. The fraction of sp³-hybridized carbons (Fsp3) is 0. The first kappa shape index (κ1) is 9.44. The molecule has 12 heavy (non-hydrogen) atoms. The largest absolute Gasteiger partial charge is 0.480 e. The van der Waals surface area contributed by atoms with E-state index in [2.05, 4.69) is 18.9 Å². The van der Waals surface area contributed by atoms with E-state index in [1.165, 1.54) is 0 Å². The normalized spacial score (nSPS) is 9.17. The highest BCUT2D eigenvalue weighted by Gasteiger charge is 2.02. The average Bonchev–Trinajstić information content (AvgIpc) is 2.16. The molecule has 0 saturated carbocycles. The monoisotopic (exact) mass is 202 g/mol. The fourth-order valence-electron chi connectivity index (χ4n) is 0.787. The van der Waals surface area contributed by atoms with Gasteiger partial charge in [-0.25, -0.2) is 0 Å². The van der Waals surface area contributed by atoms with Gasteiger partial charge in [-0.2, -0.15) is 0 Å². The first-order valence-corrected chi connectivity index (χ1v) is 4.08. The third-order valence-electron chi connectivity index (χ3n) is 1.38. The molecule has 0 aliphatic heterocycles. The lowest BCUT2D eigenvalue weighted by Gasteiger charge is -2.04. The van der Waals surface area contributed by atoms with Gasteiger partial charge < -0.3 is 9.05 Å². The number of aldehydes is 1. The van der Waals surface area contributed by atoms with Gasteiger partial charge in [-0.3, -0.25) is 4.79 Å². The molecule has 1 rings (SSSR count). The smallest absolute Gasteiger partial charge is 0.153 e. The molecule has 0 N–H and O–H groups in total. The molecule has 0 saturated heterocycles. The molecule has 3 nitrogen and oxygen atoms in total. The van der Waals surface area contributed by atoms with Crippen molar-refractivity contribution in [3.63, 3.8) is 0 Å². The lowest BCUT2D eigenvalue weighted by molar-refractivity contribution is 0.112. The summed E-state index contributed by atoms with van der Waals surface area (Å²) in [6.45, 7) is 0. The highest BCUT2D eigenvalue weighted by Crippen LogP contribution is 2.25. The minimum Gasteiger partial charge on any atom is -0.480 e. The maximum absolute atomic E-state index is 10.5. The number of carbonyl (C=O) groups excluding carboxylic acids is 1. The molecule has 1 aromatic carbocycles. The zero-order chi connectivity index (χ0) is 8.97. The second-order valence-electron chi connectivity index (χ2n) is 2.05. The number of carbonyl (C=O) groups is 1. The van der Waals surface area contributed by atoms with Gasteiger partial charge >= 0.3 is 0 Å². The molecule has 0 aliphatic rings. The first-order chi connectivity index (χ1) is 5.81. The quantitative estimate of drug-likeness (QED) is 0.554. The zero-order valence-electron chi connectivity index (χ0n) is 6.19. The minimum atomic E-state index is 0.481. The van der Waals surface area contributed by atoms with E-state index in [1.54, 1.807) is 18.2 Å². The van der Waals surface area contributed by atoms with Gasteiger partial charge in [-0.05, 0) is 12.1 Å². The van der Waals surface area contributed by atoms with Gasteiger partial charge in [0.2, 0.25) is 0 Å². The third-order valence-corrected chi connectivity index (χ3v) is 1.90. The maximum Gasteiger partial charge on any atom is 0.153 e. The number of hydrogen-bond acceptors (Lipinski definition) is 3. The molecule has 0 bridgehead atoms. The molecule has 0 aromatic heterocycles. The van der Waals surface area contributed by atoms with Crippen LogP contribution in [0.3, 0.4) is 0 Å². The molecule has 0 spiro atoms. The van der Waals surface area contributed by atoms with E-state index in [1.807, 2.05) is 0 Å². The number of rotatable bonds is 3. The molecular formula is C7H8O3P2. The van der Waals surface area contributed by atoms with E-state index in [4.69, 9.17) is 9.05 Å². The molecule has 5 heteroatoms. The average molecular weight is 202 g/mol. The second kappa shape index (κ2) is 4.39. The Labute approximate surface area is 75.0 Å². The Morgan fingerprint density at radius 1 is 1.25 bits per heavy atom. The van der Waals surface area contributed by atoms with Crippen LogP contribution in [0.15, 0.2) is 18.2 Å². The van der Waals surface area contributed by atoms with Crippen molar-refractivity contribution in [2.75, 3.05) is 0 Å². The van der Waals surface area contributed by atoms with Crippen LogP contribution in [0.2, 0.25) is 0 Å². The van der Waals surface area contributed by atoms with Crippen LogP contribution < -0.4 is 9.05 Å². The Morgan fingerprint density at radius 3 is 2.50 bits per heavy atom. The predicted octanol–water partition coefficient (Wildman–Crippen LogP) is 1.84. The highest BCUT2D eigenvalue weighted by atomic mass is 31.0. The fourth-order valence-corrected chi connectivity index (χ4v) is 1.14. The Hall–Kier alpha value is -0.650. The van der Waals surface area contributed by atoms with E-state index in [0.717, 1.165) is 6.29 Å². The summed E-state index contributed by atoms with van der Waals surface area (Å²) in [6.07, 6.45) is 0.728. The van der Waals surface area contributed by atoms with Crippen LogP contribution in [0, 0.1) is 0 Å². The van der Waals surface area contributed by atoms with E-state index in [9.17, 15) is 4.79 Å². The molecule has 0 aliphatic carbocycles. The van der Waals surface area contributed by atoms with E-state index in [0.29, 0.717) is 17.1 Å². The zero-order valence-corrected chi connectivity index (χ0v) is 8.50. The Balaban J connectivity index is 3.10. The van der Waals surface area contributed by atoms with Crippen LogP contribution in [0.25, 0.3) is 0 Å². The highest BCUT2D eigenvalue weighted by molar-refractivity contribution is 7.10. The van der Waals surface area contributed by atoms with E-state index < -0.39 is 0 Å². The lowest BCUT2D eigenvalue weighted by Crippen LogP contribution is -1.85. The van der Waals surface area contributed by atoms with E-state index >= 15 is 0 Å². The van der Waals surface area contributed by atoms with Crippen LogP contribution in [-0.2, 0) is 0 Å². The van der Waals surface area contributed by atoms with Crippen LogP contribution >= 0.6 is 18.9 Å². The SMILES string of the molecule is O=Cc1ccc(OP)cc1OP. The van der Waals surface area contributed by atoms with Crippen molar-refractivity contribution in [3.05, 3.63) is 23.8 Å². The van der Waals surface area contributed by atoms with Gasteiger partial charge in [0.15, 0.2) is 6.29 Å². The van der Waals surface area contributed by atoms with Gasteiger partial charge in [0, 0.05) is 6.07 Å². The van der Waals surface area contributed by atoms with Gasteiger partial charge in [0.1, 0.15) is 11.5 Å². The van der Waals surface area contributed by atoms with Crippen molar-refractivity contribution in [2.45, 2.75) is 0 Å². The summed E-state index contributed by atoms with van der Waals surface area (Å²) in [5, 5.41) is 0. The second-order valence-corrected chi connectivity index (χ2v) is 2.52. The van der Waals surface area contributed by atoms with Crippen LogP contribution in [0.1, 0.15) is 10.4 Å². The summed E-state index contributed by atoms with van der Waals surface area (Å²) in [7, 11) is 4.20. The Morgan fingerprint density at radius 2 is 2.00 bits per heavy atom. The van der Waals surface area contributed by atoms with Gasteiger partial charge in [-0.1, -0.05) is 0 Å². The molecule has 0 heterocycles. The molecule has 64 valence electrons. The molecule has 2 atom stereocenters.